The number of anilines is 1. The Balaban J connectivity index is 1.45. The second-order valence-corrected chi connectivity index (χ2v) is 8.58. The van der Waals surface area contributed by atoms with Crippen LogP contribution in [0.15, 0.2) is 18.5 Å². The molecule has 10 heteroatoms. The third-order valence-electron chi connectivity index (χ3n) is 6.21. The number of hydrogen-bond acceptors (Lipinski definition) is 9. The van der Waals surface area contributed by atoms with E-state index in [1.54, 1.807) is 0 Å². The van der Waals surface area contributed by atoms with Crippen LogP contribution in [0.1, 0.15) is 25.7 Å². The maximum atomic E-state index is 6.36. The minimum Gasteiger partial charge on any atom is -0.493 e. The molecule has 0 amide bonds. The van der Waals surface area contributed by atoms with Gasteiger partial charge in [-0.05, 0) is 45.0 Å². The summed E-state index contributed by atoms with van der Waals surface area (Å²) in [5.41, 5.74) is 7.78. The molecule has 0 atom stereocenters. The number of rotatable bonds is 6. The summed E-state index contributed by atoms with van der Waals surface area (Å²) in [4.78, 5) is 15.7. The number of nitrogens with zero attached hydrogens (tertiary/aromatic N) is 5. The zero-order valence-electron chi connectivity index (χ0n) is 18.3. The lowest BCUT2D eigenvalue weighted by Crippen LogP contribution is -2.32. The van der Waals surface area contributed by atoms with Gasteiger partial charge in [0.15, 0.2) is 5.82 Å². The van der Waals surface area contributed by atoms with Crippen LogP contribution in [0.5, 0.6) is 11.8 Å². The van der Waals surface area contributed by atoms with E-state index in [2.05, 4.69) is 37.1 Å². The summed E-state index contributed by atoms with van der Waals surface area (Å²) in [6.45, 7) is 4.23. The maximum absolute atomic E-state index is 6.36. The van der Waals surface area contributed by atoms with Crippen molar-refractivity contribution in [2.45, 2.75) is 31.8 Å². The first-order valence-corrected chi connectivity index (χ1v) is 11.2. The van der Waals surface area contributed by atoms with Crippen molar-refractivity contribution in [2.75, 3.05) is 45.7 Å². The molecule has 32 heavy (non-hydrogen) atoms. The Morgan fingerprint density at radius 1 is 1.16 bits per heavy atom. The minimum absolute atomic E-state index is 0.0261. The maximum Gasteiger partial charge on any atom is 0.319 e. The van der Waals surface area contributed by atoms with Crippen LogP contribution in [0.25, 0.3) is 22.3 Å². The first-order valence-electron chi connectivity index (χ1n) is 11.2. The summed E-state index contributed by atoms with van der Waals surface area (Å²) < 4.78 is 17.6. The predicted octanol–water partition coefficient (Wildman–Crippen LogP) is 2.28. The number of H-pyrrole nitrogens is 1. The van der Waals surface area contributed by atoms with E-state index in [1.165, 1.54) is 6.33 Å². The molecule has 3 aromatic rings. The van der Waals surface area contributed by atoms with Gasteiger partial charge < -0.3 is 24.8 Å². The molecule has 0 saturated carbocycles. The molecule has 2 saturated heterocycles. The molecule has 4 heterocycles. The molecule has 5 rings (SSSR count). The van der Waals surface area contributed by atoms with Gasteiger partial charge in [0.2, 0.25) is 0 Å². The van der Waals surface area contributed by atoms with E-state index in [0.29, 0.717) is 48.3 Å². The van der Waals surface area contributed by atoms with E-state index < -0.39 is 0 Å². The molecule has 2 aromatic heterocycles. The van der Waals surface area contributed by atoms with Crippen LogP contribution in [0, 0.1) is 5.92 Å². The lowest BCUT2D eigenvalue weighted by Gasteiger charge is -2.28. The molecular formula is C22H29N7O3. The number of aromatic nitrogens is 5. The van der Waals surface area contributed by atoms with E-state index >= 15 is 0 Å². The van der Waals surface area contributed by atoms with Gasteiger partial charge in [0.1, 0.15) is 24.0 Å². The van der Waals surface area contributed by atoms with Crippen molar-refractivity contribution in [3.63, 3.8) is 0 Å². The topological polar surface area (TPSA) is 124 Å². The Kier molecular flexibility index (Phi) is 6.04. The van der Waals surface area contributed by atoms with Crippen molar-refractivity contribution < 1.29 is 14.2 Å². The molecule has 170 valence electrons. The number of fused-ring (bicyclic) bond motifs is 1. The molecule has 2 aliphatic rings. The van der Waals surface area contributed by atoms with Gasteiger partial charge in [-0.1, -0.05) is 0 Å². The number of nitrogen functional groups attached to an aromatic ring is 1. The summed E-state index contributed by atoms with van der Waals surface area (Å²) in [5, 5.41) is 7.60. The monoisotopic (exact) mass is 439 g/mol. The van der Waals surface area contributed by atoms with Gasteiger partial charge in [-0.25, -0.2) is 4.98 Å². The van der Waals surface area contributed by atoms with Crippen LogP contribution < -0.4 is 15.2 Å². The van der Waals surface area contributed by atoms with Gasteiger partial charge in [0.05, 0.1) is 30.7 Å². The molecule has 0 bridgehead atoms. The van der Waals surface area contributed by atoms with Gasteiger partial charge in [-0.15, -0.1) is 0 Å². The standard InChI is InChI=1S/C22H29N7O3/c1-29-6-2-14(3-7-29)12-31-16-10-17(21-24-13-25-28-21)19-18(11-16)26-22(27-20(19)23)32-15-4-8-30-9-5-15/h10-11,13-15H,2-9,12H2,1H3,(H2,23,26,27)(H,24,25,28). The van der Waals surface area contributed by atoms with Crippen molar-refractivity contribution in [1.29, 1.82) is 0 Å². The molecule has 0 radical (unpaired) electrons. The number of hydrogen-bond donors (Lipinski definition) is 2. The Morgan fingerprint density at radius 2 is 1.97 bits per heavy atom. The molecule has 10 nitrogen and oxygen atoms in total. The number of likely N-dealkylation sites (tertiary alicyclic amines) is 1. The Labute approximate surface area is 186 Å². The number of ether oxygens (including phenoxy) is 3. The Morgan fingerprint density at radius 3 is 2.72 bits per heavy atom. The highest BCUT2D eigenvalue weighted by molar-refractivity contribution is 6.01. The quantitative estimate of drug-likeness (QED) is 0.595. The van der Waals surface area contributed by atoms with Crippen molar-refractivity contribution in [2.24, 2.45) is 5.92 Å². The normalized spacial score (nSPS) is 18.8. The fraction of sp³-hybridized carbons (Fsp3) is 0.545. The van der Waals surface area contributed by atoms with Crippen LogP contribution in [-0.4, -0.2) is 76.1 Å². The lowest BCUT2D eigenvalue weighted by molar-refractivity contribution is 0.0219. The van der Waals surface area contributed by atoms with Crippen molar-refractivity contribution >= 4 is 16.7 Å². The van der Waals surface area contributed by atoms with Gasteiger partial charge in [-0.3, -0.25) is 5.10 Å². The van der Waals surface area contributed by atoms with E-state index in [1.807, 2.05) is 12.1 Å². The number of nitrogens with two attached hydrogens (primary N) is 1. The number of piperidine rings is 1. The second-order valence-electron chi connectivity index (χ2n) is 8.58. The van der Waals surface area contributed by atoms with E-state index in [-0.39, 0.29) is 12.1 Å². The summed E-state index contributed by atoms with van der Waals surface area (Å²) in [6, 6.07) is 4.10. The summed E-state index contributed by atoms with van der Waals surface area (Å²) in [6.07, 6.45) is 5.38. The fourth-order valence-electron chi connectivity index (χ4n) is 4.29. The van der Waals surface area contributed by atoms with Gasteiger partial charge in [0.25, 0.3) is 0 Å². The summed E-state index contributed by atoms with van der Waals surface area (Å²) in [7, 11) is 2.16. The number of benzene rings is 1. The Hall–Kier alpha value is -2.98. The summed E-state index contributed by atoms with van der Waals surface area (Å²) >= 11 is 0. The van der Waals surface area contributed by atoms with Crippen LogP contribution in [0.2, 0.25) is 0 Å². The van der Waals surface area contributed by atoms with Gasteiger partial charge in [0, 0.05) is 24.5 Å². The highest BCUT2D eigenvalue weighted by atomic mass is 16.5. The molecule has 2 aliphatic heterocycles. The first kappa shape index (κ1) is 20.9. The third-order valence-corrected chi connectivity index (χ3v) is 6.21. The Bertz CT molecular complexity index is 1050. The molecule has 0 spiro atoms. The van der Waals surface area contributed by atoms with Crippen LogP contribution in [0.4, 0.5) is 5.82 Å². The van der Waals surface area contributed by atoms with Gasteiger partial charge in [-0.2, -0.15) is 15.1 Å². The number of nitrogens with one attached hydrogen (secondary N) is 1. The SMILES string of the molecule is CN1CCC(COc2cc(-c3ncn[nH]3)c3c(N)nc(OC4CCOCC4)nc3c2)CC1. The van der Waals surface area contributed by atoms with Crippen molar-refractivity contribution in [1.82, 2.24) is 30.0 Å². The average Bonchev–Trinajstić information content (AvgIpc) is 3.34. The molecular weight excluding hydrogens is 410 g/mol. The minimum atomic E-state index is 0.0261. The number of aromatic amines is 1. The summed E-state index contributed by atoms with van der Waals surface area (Å²) in [5.74, 6) is 2.19. The first-order chi connectivity index (χ1) is 15.7. The molecule has 0 aliphatic carbocycles. The lowest BCUT2D eigenvalue weighted by atomic mass is 9.98. The molecule has 0 unspecified atom stereocenters. The van der Waals surface area contributed by atoms with E-state index in [4.69, 9.17) is 19.9 Å². The van der Waals surface area contributed by atoms with Crippen LogP contribution >= 0.6 is 0 Å². The fourth-order valence-corrected chi connectivity index (χ4v) is 4.29. The van der Waals surface area contributed by atoms with Crippen molar-refractivity contribution in [3.05, 3.63) is 18.5 Å². The average molecular weight is 440 g/mol. The van der Waals surface area contributed by atoms with E-state index in [9.17, 15) is 0 Å². The third kappa shape index (κ3) is 4.61. The zero-order chi connectivity index (χ0) is 21.9. The van der Waals surface area contributed by atoms with Gasteiger partial charge >= 0.3 is 6.01 Å². The smallest absolute Gasteiger partial charge is 0.319 e. The molecule has 2 fully saturated rings. The van der Waals surface area contributed by atoms with Crippen LogP contribution in [-0.2, 0) is 4.74 Å². The highest BCUT2D eigenvalue weighted by Gasteiger charge is 2.21. The highest BCUT2D eigenvalue weighted by Crippen LogP contribution is 2.35. The predicted molar refractivity (Wildman–Crippen MR) is 120 cm³/mol. The second kappa shape index (κ2) is 9.25. The largest absolute Gasteiger partial charge is 0.493 e. The molecule has 3 N–H and O–H groups in total. The van der Waals surface area contributed by atoms with Crippen LogP contribution in [0.3, 0.4) is 0 Å². The van der Waals surface area contributed by atoms with E-state index in [0.717, 1.165) is 50.1 Å². The molecule has 1 aromatic carbocycles. The zero-order valence-corrected chi connectivity index (χ0v) is 18.3. The van der Waals surface area contributed by atoms with Crippen molar-refractivity contribution in [3.8, 4) is 23.1 Å².